The van der Waals surface area contributed by atoms with Crippen molar-refractivity contribution in [2.24, 2.45) is 0 Å². The van der Waals surface area contributed by atoms with Crippen molar-refractivity contribution in [2.75, 3.05) is 5.32 Å². The lowest BCUT2D eigenvalue weighted by molar-refractivity contribution is -0.113. The maximum absolute atomic E-state index is 13.0. The molecule has 3 aromatic carbocycles. The van der Waals surface area contributed by atoms with Crippen molar-refractivity contribution < 1.29 is 14.4 Å². The van der Waals surface area contributed by atoms with Gasteiger partial charge in [0.2, 0.25) is 0 Å². The fourth-order valence-corrected chi connectivity index (χ4v) is 3.86. The minimum Gasteiger partial charge on any atom is -0.321 e. The third kappa shape index (κ3) is 6.72. The molecule has 0 radical (unpaired) electrons. The first kappa shape index (κ1) is 23.6. The van der Waals surface area contributed by atoms with Crippen LogP contribution in [0.5, 0.6) is 0 Å². The van der Waals surface area contributed by atoms with Gasteiger partial charge in [-0.2, -0.15) is 0 Å². The molecule has 35 heavy (non-hydrogen) atoms. The van der Waals surface area contributed by atoms with Crippen LogP contribution in [0.2, 0.25) is 0 Å². The van der Waals surface area contributed by atoms with Crippen molar-refractivity contribution >= 4 is 46.8 Å². The van der Waals surface area contributed by atoms with Gasteiger partial charge in [0, 0.05) is 21.7 Å². The number of carbonyl (C=O) groups excluding carboxylic acids is 3. The van der Waals surface area contributed by atoms with Crippen LogP contribution in [0, 0.1) is 0 Å². The minimum atomic E-state index is -0.467. The molecular weight excluding hydrogens is 456 g/mol. The number of hydrogen-bond acceptors (Lipinski definition) is 4. The van der Waals surface area contributed by atoms with Crippen LogP contribution >= 0.6 is 11.3 Å². The van der Waals surface area contributed by atoms with Crippen molar-refractivity contribution in [2.45, 2.75) is 0 Å². The van der Waals surface area contributed by atoms with E-state index in [9.17, 15) is 14.4 Å². The Hall–Kier alpha value is -4.55. The Morgan fingerprint density at radius 1 is 0.714 bits per heavy atom. The van der Waals surface area contributed by atoms with Crippen molar-refractivity contribution in [1.82, 2.24) is 5.32 Å². The molecule has 1 heterocycles. The molecule has 1 aromatic heterocycles. The third-order valence-electron chi connectivity index (χ3n) is 5.01. The van der Waals surface area contributed by atoms with Gasteiger partial charge < -0.3 is 10.6 Å². The topological polar surface area (TPSA) is 75.3 Å². The highest BCUT2D eigenvalue weighted by Crippen LogP contribution is 2.16. The smallest absolute Gasteiger partial charge is 0.272 e. The van der Waals surface area contributed by atoms with E-state index in [4.69, 9.17) is 0 Å². The molecule has 0 saturated heterocycles. The molecule has 4 rings (SSSR count). The number of carbonyl (C=O) groups is 3. The molecule has 0 aliphatic rings. The average molecular weight is 479 g/mol. The summed E-state index contributed by atoms with van der Waals surface area (Å²) < 4.78 is 0. The van der Waals surface area contributed by atoms with Gasteiger partial charge in [-0.3, -0.25) is 14.4 Å². The van der Waals surface area contributed by atoms with E-state index in [-0.39, 0.29) is 17.4 Å². The van der Waals surface area contributed by atoms with E-state index in [1.54, 1.807) is 60.7 Å². The second-order valence-corrected chi connectivity index (χ2v) is 8.51. The molecule has 2 N–H and O–H groups in total. The second-order valence-electron chi connectivity index (χ2n) is 7.53. The first-order valence-electron chi connectivity index (χ1n) is 10.9. The number of allylic oxidation sites excluding steroid dienone is 1. The molecule has 0 atom stereocenters. The van der Waals surface area contributed by atoms with Gasteiger partial charge in [-0.15, -0.1) is 11.3 Å². The van der Waals surface area contributed by atoms with E-state index in [0.29, 0.717) is 16.8 Å². The Morgan fingerprint density at radius 2 is 1.40 bits per heavy atom. The summed E-state index contributed by atoms with van der Waals surface area (Å²) in [6.07, 6.45) is 4.91. The Bertz CT molecular complexity index is 1360. The Morgan fingerprint density at radius 3 is 2.06 bits per heavy atom. The monoisotopic (exact) mass is 478 g/mol. The molecule has 0 unspecified atom stereocenters. The molecule has 6 heteroatoms. The van der Waals surface area contributed by atoms with Gasteiger partial charge in [-0.1, -0.05) is 60.7 Å². The number of nitrogens with one attached hydrogen (secondary N) is 2. The lowest BCUT2D eigenvalue weighted by atomic mass is 10.1. The average Bonchev–Trinajstić information content (AvgIpc) is 3.41. The maximum atomic E-state index is 13.0. The number of ketones is 1. The molecule has 0 saturated carbocycles. The predicted molar refractivity (Wildman–Crippen MR) is 141 cm³/mol. The molecule has 0 aliphatic heterocycles. The van der Waals surface area contributed by atoms with Gasteiger partial charge >= 0.3 is 0 Å². The lowest BCUT2D eigenvalue weighted by Crippen LogP contribution is -2.30. The molecule has 0 fully saturated rings. The number of anilines is 1. The van der Waals surface area contributed by atoms with Gasteiger partial charge in [0.05, 0.1) is 0 Å². The normalized spacial score (nSPS) is 11.3. The van der Waals surface area contributed by atoms with Crippen LogP contribution in [0.4, 0.5) is 5.69 Å². The van der Waals surface area contributed by atoms with Gasteiger partial charge in [0.25, 0.3) is 11.8 Å². The van der Waals surface area contributed by atoms with Gasteiger partial charge in [0.1, 0.15) is 5.70 Å². The molecule has 5 nitrogen and oxygen atoms in total. The van der Waals surface area contributed by atoms with Gasteiger partial charge in [-0.25, -0.2) is 0 Å². The SMILES string of the molecule is O=C(Nc1ccc(C(=O)/C=C/c2ccccc2)cc1)/C(=C/c1cccs1)NC(=O)c1ccccc1. The number of amides is 2. The predicted octanol–water partition coefficient (Wildman–Crippen LogP) is 6.05. The van der Waals surface area contributed by atoms with Gasteiger partial charge in [0.15, 0.2) is 5.78 Å². The second kappa shape index (κ2) is 11.5. The molecular formula is C29H22N2O3S. The Labute approximate surface area is 207 Å². The van der Waals surface area contributed by atoms with Crippen molar-refractivity contribution in [1.29, 1.82) is 0 Å². The van der Waals surface area contributed by atoms with Crippen molar-refractivity contribution in [3.63, 3.8) is 0 Å². The Balaban J connectivity index is 1.46. The fourth-order valence-electron chi connectivity index (χ4n) is 3.21. The number of rotatable bonds is 8. The van der Waals surface area contributed by atoms with Crippen LogP contribution in [0.1, 0.15) is 31.2 Å². The van der Waals surface area contributed by atoms with E-state index in [1.165, 1.54) is 17.4 Å². The van der Waals surface area contributed by atoms with E-state index < -0.39 is 5.91 Å². The van der Waals surface area contributed by atoms with Crippen LogP contribution in [-0.2, 0) is 4.79 Å². The van der Waals surface area contributed by atoms with Crippen LogP contribution < -0.4 is 10.6 Å². The van der Waals surface area contributed by atoms with Crippen LogP contribution in [-0.4, -0.2) is 17.6 Å². The summed E-state index contributed by atoms with van der Waals surface area (Å²) in [4.78, 5) is 39.0. The largest absolute Gasteiger partial charge is 0.321 e. The van der Waals surface area contributed by atoms with Crippen LogP contribution in [0.15, 0.2) is 114 Å². The quantitative estimate of drug-likeness (QED) is 0.239. The van der Waals surface area contributed by atoms with E-state index in [0.717, 1.165) is 10.4 Å². The number of benzene rings is 3. The first-order valence-corrected chi connectivity index (χ1v) is 11.8. The summed E-state index contributed by atoms with van der Waals surface area (Å²) in [5, 5.41) is 7.39. The standard InChI is InChI=1S/C29H22N2O3S/c32-27(18-13-21-8-3-1-4-9-21)22-14-16-24(17-15-22)30-29(34)26(20-25-12-7-19-35-25)31-28(33)23-10-5-2-6-11-23/h1-20H,(H,30,34)(H,31,33)/b18-13+,26-20-. The zero-order valence-corrected chi connectivity index (χ0v) is 19.5. The molecule has 2 amide bonds. The van der Waals surface area contributed by atoms with E-state index in [2.05, 4.69) is 10.6 Å². The highest BCUT2D eigenvalue weighted by Gasteiger charge is 2.15. The molecule has 4 aromatic rings. The summed E-state index contributed by atoms with van der Waals surface area (Å²) in [6, 6.07) is 28.6. The third-order valence-corrected chi connectivity index (χ3v) is 5.83. The number of hydrogen-bond donors (Lipinski definition) is 2. The van der Waals surface area contributed by atoms with E-state index in [1.807, 2.05) is 53.9 Å². The Kier molecular flexibility index (Phi) is 7.78. The fraction of sp³-hybridized carbons (Fsp3) is 0. The van der Waals surface area contributed by atoms with Crippen LogP contribution in [0.3, 0.4) is 0 Å². The van der Waals surface area contributed by atoms with Crippen molar-refractivity contribution in [3.8, 4) is 0 Å². The highest BCUT2D eigenvalue weighted by atomic mass is 32.1. The first-order chi connectivity index (χ1) is 17.1. The molecule has 0 bridgehead atoms. The summed E-state index contributed by atoms with van der Waals surface area (Å²) in [7, 11) is 0. The summed E-state index contributed by atoms with van der Waals surface area (Å²) in [5.74, 6) is -0.986. The zero-order valence-electron chi connectivity index (χ0n) is 18.7. The van der Waals surface area contributed by atoms with Crippen molar-refractivity contribution in [3.05, 3.63) is 136 Å². The van der Waals surface area contributed by atoms with Crippen LogP contribution in [0.25, 0.3) is 12.2 Å². The summed E-state index contributed by atoms with van der Waals surface area (Å²) in [5.41, 5.74) is 2.51. The lowest BCUT2D eigenvalue weighted by Gasteiger charge is -2.11. The maximum Gasteiger partial charge on any atom is 0.272 e. The molecule has 0 aliphatic carbocycles. The van der Waals surface area contributed by atoms with Gasteiger partial charge in [-0.05, 0) is 65.6 Å². The molecule has 0 spiro atoms. The molecule has 172 valence electrons. The zero-order chi connectivity index (χ0) is 24.5. The highest BCUT2D eigenvalue weighted by molar-refractivity contribution is 7.10. The summed E-state index contributed by atoms with van der Waals surface area (Å²) >= 11 is 1.45. The number of thiophene rings is 1. The summed E-state index contributed by atoms with van der Waals surface area (Å²) in [6.45, 7) is 0. The minimum absolute atomic E-state index is 0.118. The van der Waals surface area contributed by atoms with E-state index >= 15 is 0 Å².